The van der Waals surface area contributed by atoms with E-state index in [1.54, 1.807) is 6.33 Å². The number of amides is 1. The first-order valence-electron chi connectivity index (χ1n) is 15.8. The maximum absolute atomic E-state index is 12.5. The molecule has 3 aromatic heterocycles. The fourth-order valence-corrected chi connectivity index (χ4v) is 6.52. The summed E-state index contributed by atoms with van der Waals surface area (Å²) in [6.07, 6.45) is 10.6. The van der Waals surface area contributed by atoms with Crippen molar-refractivity contribution >= 4 is 30.8 Å². The molecule has 1 saturated carbocycles. The van der Waals surface area contributed by atoms with Crippen molar-refractivity contribution in [2.45, 2.75) is 83.6 Å². The van der Waals surface area contributed by atoms with E-state index < -0.39 is 8.07 Å². The number of nitrogens with one attached hydrogen (secondary N) is 2. The van der Waals surface area contributed by atoms with Gasteiger partial charge in [-0.2, -0.15) is 10.4 Å². The summed E-state index contributed by atoms with van der Waals surface area (Å²) >= 11 is 0. The van der Waals surface area contributed by atoms with Crippen molar-refractivity contribution in [3.8, 4) is 17.3 Å². The van der Waals surface area contributed by atoms with E-state index in [1.165, 1.54) is 12.8 Å². The Bertz CT molecular complexity index is 1580. The van der Waals surface area contributed by atoms with Crippen LogP contribution in [0, 0.1) is 17.2 Å². The Hall–Kier alpha value is -4.05. The molecule has 0 spiro atoms. The van der Waals surface area contributed by atoms with Gasteiger partial charge in [-0.25, -0.2) is 15.4 Å². The number of carbonyl (C=O) groups is 1. The van der Waals surface area contributed by atoms with Gasteiger partial charge in [-0.15, -0.1) is 0 Å². The lowest BCUT2D eigenvalue weighted by Gasteiger charge is -2.21. The smallest absolute Gasteiger partial charge is 0.245 e. The molecule has 45 heavy (non-hydrogen) atoms. The van der Waals surface area contributed by atoms with Gasteiger partial charge in [0, 0.05) is 45.4 Å². The van der Waals surface area contributed by atoms with Crippen LogP contribution >= 0.6 is 0 Å². The SMILES string of the molecule is C[Si](C)(C)CCOCn1ccc2c(-c3cn(C(CC#N)C4CCCC4)nc3NCCC(=O)NOCc3ccccc3)ncnc21. The molecular formula is C33H44N8O3Si. The maximum atomic E-state index is 12.5. The lowest BCUT2D eigenvalue weighted by molar-refractivity contribution is -0.134. The van der Waals surface area contributed by atoms with Crippen molar-refractivity contribution in [2.24, 2.45) is 5.92 Å². The summed E-state index contributed by atoms with van der Waals surface area (Å²) in [7, 11) is -1.18. The van der Waals surface area contributed by atoms with Crippen LogP contribution < -0.4 is 10.8 Å². The van der Waals surface area contributed by atoms with Crippen LogP contribution in [0.1, 0.15) is 50.1 Å². The largest absolute Gasteiger partial charge is 0.368 e. The Morgan fingerprint density at radius 3 is 2.71 bits per heavy atom. The minimum absolute atomic E-state index is 0.0248. The first kappa shape index (κ1) is 32.3. The third-order valence-corrected chi connectivity index (χ3v) is 9.97. The van der Waals surface area contributed by atoms with Crippen LogP contribution in [-0.2, 0) is 27.7 Å². The number of aromatic nitrogens is 5. The van der Waals surface area contributed by atoms with Crippen molar-refractivity contribution in [2.75, 3.05) is 18.5 Å². The lowest BCUT2D eigenvalue weighted by Crippen LogP contribution is -2.25. The number of fused-ring (bicyclic) bond motifs is 1. The number of rotatable bonds is 16. The second kappa shape index (κ2) is 15.3. The molecule has 1 fully saturated rings. The van der Waals surface area contributed by atoms with E-state index >= 15 is 0 Å². The Labute approximate surface area is 265 Å². The normalized spacial score (nSPS) is 14.4. The monoisotopic (exact) mass is 628 g/mol. The highest BCUT2D eigenvalue weighted by Gasteiger charge is 2.29. The summed E-state index contributed by atoms with van der Waals surface area (Å²) in [6.45, 7) is 8.80. The predicted octanol–water partition coefficient (Wildman–Crippen LogP) is 6.30. The van der Waals surface area contributed by atoms with Crippen molar-refractivity contribution in [3.05, 3.63) is 60.7 Å². The molecular weight excluding hydrogens is 585 g/mol. The highest BCUT2D eigenvalue weighted by atomic mass is 28.3. The minimum Gasteiger partial charge on any atom is -0.368 e. The molecule has 1 aliphatic rings. The van der Waals surface area contributed by atoms with Gasteiger partial charge in [-0.05, 0) is 36.4 Å². The van der Waals surface area contributed by atoms with Gasteiger partial charge in [0.25, 0.3) is 0 Å². The molecule has 0 bridgehead atoms. The molecule has 1 unspecified atom stereocenters. The lowest BCUT2D eigenvalue weighted by atomic mass is 9.96. The quantitative estimate of drug-likeness (QED) is 0.0839. The molecule has 11 nitrogen and oxygen atoms in total. The highest BCUT2D eigenvalue weighted by molar-refractivity contribution is 6.76. The van der Waals surface area contributed by atoms with Crippen molar-refractivity contribution in [1.82, 2.24) is 29.8 Å². The van der Waals surface area contributed by atoms with E-state index in [0.717, 1.165) is 53.3 Å². The van der Waals surface area contributed by atoms with Gasteiger partial charge in [-0.1, -0.05) is 62.8 Å². The number of nitrogens with zero attached hydrogens (tertiary/aromatic N) is 6. The molecule has 0 aliphatic heterocycles. The van der Waals surface area contributed by atoms with Crippen LogP contribution in [-0.4, -0.2) is 51.4 Å². The van der Waals surface area contributed by atoms with Gasteiger partial charge in [-0.3, -0.25) is 14.3 Å². The molecule has 4 aromatic rings. The Kier molecular flexibility index (Phi) is 11.0. The number of anilines is 1. The van der Waals surface area contributed by atoms with Gasteiger partial charge in [0.05, 0.1) is 36.4 Å². The van der Waals surface area contributed by atoms with Crippen LogP contribution in [0.5, 0.6) is 0 Å². The number of benzene rings is 1. The summed E-state index contributed by atoms with van der Waals surface area (Å²) in [5.41, 5.74) is 5.83. The van der Waals surface area contributed by atoms with Gasteiger partial charge < -0.3 is 14.6 Å². The second-order valence-electron chi connectivity index (χ2n) is 12.9. The molecule has 1 atom stereocenters. The molecule has 1 amide bonds. The van der Waals surface area contributed by atoms with Crippen LogP contribution in [0.4, 0.5) is 5.82 Å². The molecule has 3 heterocycles. The minimum atomic E-state index is -1.18. The zero-order chi connectivity index (χ0) is 31.6. The Morgan fingerprint density at radius 1 is 1.16 bits per heavy atom. The van der Waals surface area contributed by atoms with Gasteiger partial charge >= 0.3 is 0 Å². The average Bonchev–Trinajstić information content (AvgIpc) is 3.79. The van der Waals surface area contributed by atoms with E-state index in [-0.39, 0.29) is 18.4 Å². The van der Waals surface area contributed by atoms with Crippen molar-refractivity contribution in [1.29, 1.82) is 5.26 Å². The van der Waals surface area contributed by atoms with Crippen LogP contribution in [0.15, 0.2) is 55.1 Å². The molecule has 5 rings (SSSR count). The third kappa shape index (κ3) is 8.78. The Balaban J connectivity index is 1.33. The molecule has 1 aliphatic carbocycles. The van der Waals surface area contributed by atoms with Crippen LogP contribution in [0.2, 0.25) is 25.7 Å². The van der Waals surface area contributed by atoms with Gasteiger partial charge in [0.1, 0.15) is 18.7 Å². The van der Waals surface area contributed by atoms with Crippen LogP contribution in [0.3, 0.4) is 0 Å². The van der Waals surface area contributed by atoms with E-state index in [2.05, 4.69) is 41.5 Å². The van der Waals surface area contributed by atoms with E-state index in [1.807, 2.05) is 58.0 Å². The highest BCUT2D eigenvalue weighted by Crippen LogP contribution is 2.38. The zero-order valence-electron chi connectivity index (χ0n) is 26.5. The van der Waals surface area contributed by atoms with Gasteiger partial charge in [0.2, 0.25) is 5.91 Å². The fraction of sp³-hybridized carbons (Fsp3) is 0.485. The first-order valence-corrected chi connectivity index (χ1v) is 19.6. The molecule has 12 heteroatoms. The predicted molar refractivity (Wildman–Crippen MR) is 177 cm³/mol. The molecule has 1 aromatic carbocycles. The summed E-state index contributed by atoms with van der Waals surface area (Å²) in [5.74, 6) is 0.786. The van der Waals surface area contributed by atoms with E-state index in [0.29, 0.717) is 38.0 Å². The summed E-state index contributed by atoms with van der Waals surface area (Å²) in [6, 6.07) is 15.1. The van der Waals surface area contributed by atoms with Crippen molar-refractivity contribution in [3.63, 3.8) is 0 Å². The van der Waals surface area contributed by atoms with E-state index in [9.17, 15) is 10.1 Å². The van der Waals surface area contributed by atoms with E-state index in [4.69, 9.17) is 19.7 Å². The fourth-order valence-electron chi connectivity index (χ4n) is 5.76. The molecule has 238 valence electrons. The summed E-state index contributed by atoms with van der Waals surface area (Å²) < 4.78 is 9.94. The number of hydroxylamine groups is 1. The maximum Gasteiger partial charge on any atom is 0.245 e. The topological polar surface area (TPSA) is 132 Å². The number of nitriles is 1. The third-order valence-electron chi connectivity index (χ3n) is 8.27. The van der Waals surface area contributed by atoms with Gasteiger partial charge in [0.15, 0.2) is 5.82 Å². The number of hydrogen-bond donors (Lipinski definition) is 2. The summed E-state index contributed by atoms with van der Waals surface area (Å²) in [4.78, 5) is 27.2. The number of ether oxygens (including phenoxy) is 1. The second-order valence-corrected chi connectivity index (χ2v) is 18.5. The standard InChI is InChI=1S/C33H44N8O3Si/c1-45(2,3)20-19-43-24-40-18-15-27-31(36-23-37-33(27)40)28-21-41(29(13-16-34)26-11-7-8-12-26)38-32(28)35-17-14-30(42)39-44-22-25-9-5-4-6-10-25/h4-6,9-10,15,18,21,23,26,29H,7-8,11-14,17,19-20,22,24H2,1-3H3,(H,35,38)(H,39,42). The number of carbonyl (C=O) groups excluding carboxylic acids is 1. The molecule has 0 radical (unpaired) electrons. The average molecular weight is 629 g/mol. The molecule has 2 N–H and O–H groups in total. The number of hydrogen-bond acceptors (Lipinski definition) is 8. The zero-order valence-corrected chi connectivity index (χ0v) is 27.5. The Morgan fingerprint density at radius 2 is 1.96 bits per heavy atom. The molecule has 0 saturated heterocycles. The summed E-state index contributed by atoms with van der Waals surface area (Å²) in [5, 5.41) is 18.9. The van der Waals surface area contributed by atoms with Crippen molar-refractivity contribution < 1.29 is 14.4 Å². The van der Waals surface area contributed by atoms with Crippen LogP contribution in [0.25, 0.3) is 22.3 Å². The first-order chi connectivity index (χ1) is 21.8.